The quantitative estimate of drug-likeness (QED) is 0.0321. The van der Waals surface area contributed by atoms with Crippen molar-refractivity contribution < 1.29 is 24.5 Å². The van der Waals surface area contributed by atoms with Crippen molar-refractivity contribution in [2.24, 2.45) is 0 Å². The lowest BCUT2D eigenvalue weighted by Crippen LogP contribution is -2.45. The van der Waals surface area contributed by atoms with E-state index >= 15 is 0 Å². The van der Waals surface area contributed by atoms with Crippen LogP contribution in [0.3, 0.4) is 0 Å². The summed E-state index contributed by atoms with van der Waals surface area (Å²) in [5, 5.41) is 22.9. The van der Waals surface area contributed by atoms with Gasteiger partial charge in [0.1, 0.15) is 0 Å². The van der Waals surface area contributed by atoms with Crippen molar-refractivity contribution in [2.75, 3.05) is 13.2 Å². The van der Waals surface area contributed by atoms with Crippen LogP contribution in [0.4, 0.5) is 0 Å². The van der Waals surface area contributed by atoms with E-state index in [9.17, 15) is 19.8 Å². The number of nitrogens with one attached hydrogen (secondary N) is 1. The van der Waals surface area contributed by atoms with Crippen LogP contribution < -0.4 is 5.32 Å². The average Bonchev–Trinajstić information content (AvgIpc) is 3.35. The highest BCUT2D eigenvalue weighted by molar-refractivity contribution is 5.76. The first-order valence-corrected chi connectivity index (χ1v) is 30.8. The first-order chi connectivity index (χ1) is 34.0. The monoisotopic (exact) mass is 970 g/mol. The van der Waals surface area contributed by atoms with Crippen molar-refractivity contribution >= 4 is 11.9 Å². The Hall–Kier alpha value is -1.92. The Labute approximate surface area is 430 Å². The summed E-state index contributed by atoms with van der Waals surface area (Å²) in [6.45, 7) is 4.82. The standard InChI is InChI=1S/C63H119NO5/c1-3-5-7-9-11-13-14-33-37-41-45-49-53-57-63(68)69-58-54-50-46-42-38-35-32-30-28-26-24-22-20-18-16-15-17-19-21-23-25-27-29-31-34-36-40-44-48-52-56-62(67)64-60(59-65)61(66)55-51-47-43-39-12-10-8-6-4-2/h7,9,13-14,51,55,60-61,65-66H,3-6,8,10-12,15-50,52-54,56-59H2,1-2H3,(H,64,67)/b9-7-,14-13-,55-51+. The second-order valence-electron chi connectivity index (χ2n) is 21.0. The van der Waals surface area contributed by atoms with E-state index in [-0.39, 0.29) is 18.5 Å². The number of esters is 1. The molecule has 0 aliphatic heterocycles. The maximum Gasteiger partial charge on any atom is 0.305 e. The van der Waals surface area contributed by atoms with Crippen LogP contribution in [-0.2, 0) is 14.3 Å². The van der Waals surface area contributed by atoms with Crippen LogP contribution in [0.25, 0.3) is 0 Å². The lowest BCUT2D eigenvalue weighted by atomic mass is 10.0. The van der Waals surface area contributed by atoms with Crippen LogP contribution >= 0.6 is 0 Å². The van der Waals surface area contributed by atoms with Crippen molar-refractivity contribution in [1.82, 2.24) is 5.32 Å². The largest absolute Gasteiger partial charge is 0.466 e. The van der Waals surface area contributed by atoms with Gasteiger partial charge in [0.25, 0.3) is 0 Å². The topological polar surface area (TPSA) is 95.9 Å². The molecule has 0 heterocycles. The van der Waals surface area contributed by atoms with E-state index in [1.165, 1.54) is 250 Å². The van der Waals surface area contributed by atoms with Gasteiger partial charge in [0, 0.05) is 12.8 Å². The Bertz CT molecular complexity index is 1120. The zero-order valence-electron chi connectivity index (χ0n) is 46.3. The molecule has 69 heavy (non-hydrogen) atoms. The third-order valence-corrected chi connectivity index (χ3v) is 14.1. The van der Waals surface area contributed by atoms with Crippen molar-refractivity contribution in [1.29, 1.82) is 0 Å². The molecule has 0 aromatic rings. The van der Waals surface area contributed by atoms with Gasteiger partial charge in [-0.3, -0.25) is 9.59 Å². The lowest BCUT2D eigenvalue weighted by molar-refractivity contribution is -0.143. The van der Waals surface area contributed by atoms with Gasteiger partial charge in [-0.05, 0) is 57.8 Å². The molecule has 0 aromatic carbocycles. The zero-order chi connectivity index (χ0) is 50.0. The van der Waals surface area contributed by atoms with E-state index in [2.05, 4.69) is 43.5 Å². The Morgan fingerprint density at radius 1 is 0.406 bits per heavy atom. The average molecular weight is 971 g/mol. The van der Waals surface area contributed by atoms with E-state index in [0.717, 1.165) is 51.4 Å². The molecule has 0 saturated carbocycles. The lowest BCUT2D eigenvalue weighted by Gasteiger charge is -2.20. The number of aliphatic hydroxyl groups excluding tert-OH is 2. The maximum atomic E-state index is 12.4. The highest BCUT2D eigenvalue weighted by atomic mass is 16.5. The van der Waals surface area contributed by atoms with Crippen LogP contribution in [0.1, 0.15) is 328 Å². The molecule has 406 valence electrons. The van der Waals surface area contributed by atoms with Gasteiger partial charge in [0.15, 0.2) is 0 Å². The SMILES string of the molecule is CCC/C=C\C/C=C\CCCCCCCC(=O)OCCCCCCCCCCCCCCCCCCCCCCCCCCCCCCCCC(=O)NC(CO)C(O)/C=C/CCCCCCCCC. The molecule has 0 aliphatic carbocycles. The van der Waals surface area contributed by atoms with Gasteiger partial charge in [-0.1, -0.05) is 294 Å². The van der Waals surface area contributed by atoms with Crippen LogP contribution in [0.15, 0.2) is 36.5 Å². The molecule has 1 amide bonds. The highest BCUT2D eigenvalue weighted by Crippen LogP contribution is 2.18. The van der Waals surface area contributed by atoms with Gasteiger partial charge >= 0.3 is 5.97 Å². The number of carbonyl (C=O) groups excluding carboxylic acids is 2. The first kappa shape index (κ1) is 67.1. The minimum absolute atomic E-state index is 0.00407. The predicted molar refractivity (Wildman–Crippen MR) is 301 cm³/mol. The third kappa shape index (κ3) is 55.2. The molecular weight excluding hydrogens is 851 g/mol. The molecule has 0 rings (SSSR count). The number of carbonyl (C=O) groups is 2. The number of rotatable bonds is 57. The van der Waals surface area contributed by atoms with E-state index in [1.807, 2.05) is 6.08 Å². The van der Waals surface area contributed by atoms with Gasteiger partial charge in [0.05, 0.1) is 25.4 Å². The maximum absolute atomic E-state index is 12.4. The summed E-state index contributed by atoms with van der Waals surface area (Å²) < 4.78 is 5.47. The number of aliphatic hydroxyl groups is 2. The fourth-order valence-corrected chi connectivity index (χ4v) is 9.44. The number of amides is 1. The first-order valence-electron chi connectivity index (χ1n) is 30.8. The highest BCUT2D eigenvalue weighted by Gasteiger charge is 2.18. The number of ether oxygens (including phenoxy) is 1. The van der Waals surface area contributed by atoms with Gasteiger partial charge in [-0.15, -0.1) is 0 Å². The Morgan fingerprint density at radius 2 is 0.754 bits per heavy atom. The summed E-state index contributed by atoms with van der Waals surface area (Å²) >= 11 is 0. The van der Waals surface area contributed by atoms with Crippen LogP contribution in [0, 0.1) is 0 Å². The normalized spacial score (nSPS) is 12.8. The van der Waals surface area contributed by atoms with Crippen molar-refractivity contribution in [3.63, 3.8) is 0 Å². The molecular formula is C63H119NO5. The van der Waals surface area contributed by atoms with Gasteiger partial charge in [-0.2, -0.15) is 0 Å². The van der Waals surface area contributed by atoms with Gasteiger partial charge in [0.2, 0.25) is 5.91 Å². The number of allylic oxidation sites excluding steroid dienone is 5. The van der Waals surface area contributed by atoms with Crippen molar-refractivity contribution in [3.8, 4) is 0 Å². The van der Waals surface area contributed by atoms with Crippen molar-refractivity contribution in [3.05, 3.63) is 36.5 Å². The zero-order valence-corrected chi connectivity index (χ0v) is 46.3. The van der Waals surface area contributed by atoms with Crippen LogP contribution in [-0.4, -0.2) is 47.4 Å². The second-order valence-corrected chi connectivity index (χ2v) is 21.0. The molecule has 0 bridgehead atoms. The fourth-order valence-electron chi connectivity index (χ4n) is 9.44. The van der Waals surface area contributed by atoms with E-state index in [0.29, 0.717) is 19.4 Å². The third-order valence-electron chi connectivity index (χ3n) is 14.1. The van der Waals surface area contributed by atoms with Gasteiger partial charge < -0.3 is 20.3 Å². The summed E-state index contributed by atoms with van der Waals surface area (Å²) in [5.74, 6) is -0.0623. The number of hydrogen-bond donors (Lipinski definition) is 3. The van der Waals surface area contributed by atoms with Gasteiger partial charge in [-0.25, -0.2) is 0 Å². The molecule has 0 saturated heterocycles. The molecule has 2 unspecified atom stereocenters. The second kappa shape index (κ2) is 58.6. The summed E-state index contributed by atoms with van der Waals surface area (Å²) in [6, 6.07) is -0.622. The summed E-state index contributed by atoms with van der Waals surface area (Å²) in [6.07, 6.45) is 73.5. The van der Waals surface area contributed by atoms with E-state index < -0.39 is 12.1 Å². The Balaban J connectivity index is 3.31. The van der Waals surface area contributed by atoms with Crippen molar-refractivity contribution in [2.45, 2.75) is 341 Å². The van der Waals surface area contributed by atoms with E-state index in [4.69, 9.17) is 4.74 Å². The fraction of sp³-hybridized carbons (Fsp3) is 0.873. The summed E-state index contributed by atoms with van der Waals surface area (Å²) in [5.41, 5.74) is 0. The molecule has 0 aliphatic rings. The minimum atomic E-state index is -0.839. The summed E-state index contributed by atoms with van der Waals surface area (Å²) in [4.78, 5) is 24.4. The molecule has 3 N–H and O–H groups in total. The molecule has 2 atom stereocenters. The Kier molecular flexibility index (Phi) is 57.0. The van der Waals surface area contributed by atoms with E-state index in [1.54, 1.807) is 6.08 Å². The number of unbranched alkanes of at least 4 members (excludes halogenated alkanes) is 42. The number of hydrogen-bond acceptors (Lipinski definition) is 5. The molecule has 0 fully saturated rings. The molecule has 0 radical (unpaired) electrons. The Morgan fingerprint density at radius 3 is 1.16 bits per heavy atom. The molecule has 0 spiro atoms. The molecule has 6 heteroatoms. The summed E-state index contributed by atoms with van der Waals surface area (Å²) in [7, 11) is 0. The predicted octanol–water partition coefficient (Wildman–Crippen LogP) is 19.2. The minimum Gasteiger partial charge on any atom is -0.466 e. The molecule has 0 aromatic heterocycles. The molecule has 6 nitrogen and oxygen atoms in total. The smallest absolute Gasteiger partial charge is 0.305 e. The van der Waals surface area contributed by atoms with Crippen LogP contribution in [0.2, 0.25) is 0 Å². The van der Waals surface area contributed by atoms with Crippen LogP contribution in [0.5, 0.6) is 0 Å².